The molecule has 1 aliphatic rings. The van der Waals surface area contributed by atoms with Crippen LogP contribution in [0, 0.1) is 0 Å². The lowest BCUT2D eigenvalue weighted by atomic mass is 10.1. The number of ether oxygens (including phenoxy) is 1. The summed E-state index contributed by atoms with van der Waals surface area (Å²) in [5, 5.41) is 3.32. The van der Waals surface area contributed by atoms with E-state index in [0.29, 0.717) is 22.9 Å². The number of anilines is 1. The van der Waals surface area contributed by atoms with Crippen LogP contribution in [-0.4, -0.2) is 42.2 Å². The number of nitrogens with zero attached hydrogens (tertiary/aromatic N) is 1. The molecule has 0 saturated carbocycles. The molecule has 7 heteroatoms. The van der Waals surface area contributed by atoms with Crippen LogP contribution in [0.25, 0.3) is 0 Å². The van der Waals surface area contributed by atoms with Crippen molar-refractivity contribution >= 4 is 40.9 Å². The van der Waals surface area contributed by atoms with E-state index in [9.17, 15) is 9.59 Å². The highest BCUT2D eigenvalue weighted by atomic mass is 35.5. The van der Waals surface area contributed by atoms with Crippen LogP contribution in [0.2, 0.25) is 5.02 Å². The molecule has 148 valence electrons. The van der Waals surface area contributed by atoms with Gasteiger partial charge in [0.05, 0.1) is 23.6 Å². The molecule has 0 bridgehead atoms. The molecule has 0 spiro atoms. The Hall–Kier alpha value is -2.18. The largest absolute Gasteiger partial charge is 0.494 e. The summed E-state index contributed by atoms with van der Waals surface area (Å²) in [6.07, 6.45) is 2.03. The normalized spacial score (nSPS) is 13.4. The molecule has 1 N–H and O–H groups in total. The van der Waals surface area contributed by atoms with Gasteiger partial charge in [0.25, 0.3) is 5.91 Å². The number of carbonyl (C=O) groups excluding carboxylic acids is 2. The van der Waals surface area contributed by atoms with Gasteiger partial charge in [-0.1, -0.05) is 11.6 Å². The molecule has 0 atom stereocenters. The quantitative estimate of drug-likeness (QED) is 0.662. The van der Waals surface area contributed by atoms with Crippen molar-refractivity contribution in [2.75, 3.05) is 30.8 Å². The Morgan fingerprint density at radius 1 is 1.14 bits per heavy atom. The first kappa shape index (κ1) is 20.6. The van der Waals surface area contributed by atoms with Crippen molar-refractivity contribution in [2.45, 2.75) is 24.7 Å². The van der Waals surface area contributed by atoms with Crippen molar-refractivity contribution in [3.05, 3.63) is 53.1 Å². The van der Waals surface area contributed by atoms with E-state index >= 15 is 0 Å². The predicted octanol–water partition coefficient (Wildman–Crippen LogP) is 4.71. The zero-order chi connectivity index (χ0) is 19.9. The summed E-state index contributed by atoms with van der Waals surface area (Å²) in [4.78, 5) is 28.0. The summed E-state index contributed by atoms with van der Waals surface area (Å²) >= 11 is 7.51. The Kier molecular flexibility index (Phi) is 7.23. The first-order chi connectivity index (χ1) is 13.6. The lowest BCUT2D eigenvalue weighted by molar-refractivity contribution is -0.113. The standard InChI is InChI=1S/C21H23ClN2O3S/c1-2-27-16-6-8-17(9-7-16)28-14-20(25)23-19-13-15(22)5-10-18(19)21(26)24-11-3-4-12-24/h5-10,13H,2-4,11-12,14H2,1H3,(H,23,25). The number of amides is 2. The fourth-order valence-corrected chi connectivity index (χ4v) is 3.90. The highest BCUT2D eigenvalue weighted by Gasteiger charge is 2.22. The van der Waals surface area contributed by atoms with Crippen LogP contribution in [0.4, 0.5) is 5.69 Å². The van der Waals surface area contributed by atoms with Crippen LogP contribution in [0.1, 0.15) is 30.1 Å². The topological polar surface area (TPSA) is 58.6 Å². The maximum Gasteiger partial charge on any atom is 0.255 e. The van der Waals surface area contributed by atoms with Crippen molar-refractivity contribution in [3.63, 3.8) is 0 Å². The van der Waals surface area contributed by atoms with Crippen molar-refractivity contribution in [1.82, 2.24) is 4.90 Å². The minimum absolute atomic E-state index is 0.0661. The SMILES string of the molecule is CCOc1ccc(SCC(=O)Nc2cc(Cl)ccc2C(=O)N2CCCC2)cc1. The van der Waals surface area contributed by atoms with Crippen molar-refractivity contribution in [1.29, 1.82) is 0 Å². The van der Waals surface area contributed by atoms with Crippen LogP contribution in [-0.2, 0) is 4.79 Å². The summed E-state index contributed by atoms with van der Waals surface area (Å²) in [5.74, 6) is 0.790. The first-order valence-corrected chi connectivity index (χ1v) is 10.7. The lowest BCUT2D eigenvalue weighted by Gasteiger charge is -2.18. The molecule has 0 unspecified atom stereocenters. The Bertz CT molecular complexity index is 836. The minimum atomic E-state index is -0.184. The molecule has 0 aliphatic carbocycles. The fraction of sp³-hybridized carbons (Fsp3) is 0.333. The van der Waals surface area contributed by atoms with Crippen molar-refractivity contribution < 1.29 is 14.3 Å². The zero-order valence-electron chi connectivity index (χ0n) is 15.7. The van der Waals surface area contributed by atoms with Gasteiger partial charge in [0.1, 0.15) is 5.75 Å². The van der Waals surface area contributed by atoms with Crippen LogP contribution in [0.5, 0.6) is 5.75 Å². The average molecular weight is 419 g/mol. The average Bonchev–Trinajstić information content (AvgIpc) is 3.22. The van der Waals surface area contributed by atoms with E-state index in [0.717, 1.165) is 36.6 Å². The van der Waals surface area contributed by atoms with E-state index in [-0.39, 0.29) is 17.6 Å². The molecular weight excluding hydrogens is 396 g/mol. The van der Waals surface area contributed by atoms with Gasteiger partial charge in [-0.2, -0.15) is 0 Å². The van der Waals surface area contributed by atoms with Gasteiger partial charge in [-0.25, -0.2) is 0 Å². The molecule has 28 heavy (non-hydrogen) atoms. The second-order valence-corrected chi connectivity index (χ2v) is 7.92. The van der Waals surface area contributed by atoms with Gasteiger partial charge in [-0.05, 0) is 62.2 Å². The molecule has 5 nitrogen and oxygen atoms in total. The van der Waals surface area contributed by atoms with Gasteiger partial charge in [0.15, 0.2) is 0 Å². The third-order valence-corrected chi connectivity index (χ3v) is 5.63. The van der Waals surface area contributed by atoms with Crippen molar-refractivity contribution in [2.24, 2.45) is 0 Å². The molecule has 1 aliphatic heterocycles. The fourth-order valence-electron chi connectivity index (χ4n) is 3.03. The predicted molar refractivity (Wildman–Crippen MR) is 114 cm³/mol. The van der Waals surface area contributed by atoms with Gasteiger partial charge in [0.2, 0.25) is 5.91 Å². The van der Waals surface area contributed by atoms with Gasteiger partial charge >= 0.3 is 0 Å². The van der Waals surface area contributed by atoms with Gasteiger partial charge < -0.3 is 15.0 Å². The molecule has 0 radical (unpaired) electrons. The Morgan fingerprint density at radius 3 is 2.54 bits per heavy atom. The van der Waals surface area contributed by atoms with E-state index in [2.05, 4.69) is 5.32 Å². The molecule has 2 aromatic rings. The number of thioether (sulfide) groups is 1. The maximum absolute atomic E-state index is 12.7. The zero-order valence-corrected chi connectivity index (χ0v) is 17.3. The number of hydrogen-bond donors (Lipinski definition) is 1. The smallest absolute Gasteiger partial charge is 0.255 e. The van der Waals surface area contributed by atoms with Crippen molar-refractivity contribution in [3.8, 4) is 5.75 Å². The number of carbonyl (C=O) groups is 2. The second-order valence-electron chi connectivity index (χ2n) is 6.43. The Labute approximate surface area is 174 Å². The van der Waals surface area contributed by atoms with Gasteiger partial charge in [0, 0.05) is 23.0 Å². The molecule has 1 saturated heterocycles. The van der Waals surface area contributed by atoms with E-state index in [1.165, 1.54) is 11.8 Å². The number of hydrogen-bond acceptors (Lipinski definition) is 4. The summed E-state index contributed by atoms with van der Waals surface area (Å²) in [5.41, 5.74) is 0.937. The van der Waals surface area contributed by atoms with E-state index in [4.69, 9.17) is 16.3 Å². The monoisotopic (exact) mass is 418 g/mol. The van der Waals surface area contributed by atoms with Gasteiger partial charge in [-0.15, -0.1) is 11.8 Å². The molecular formula is C21H23ClN2O3S. The third-order valence-electron chi connectivity index (χ3n) is 4.38. The highest BCUT2D eigenvalue weighted by Crippen LogP contribution is 2.26. The Morgan fingerprint density at radius 2 is 1.86 bits per heavy atom. The number of benzene rings is 2. The molecule has 3 rings (SSSR count). The molecule has 1 heterocycles. The molecule has 1 fully saturated rings. The lowest BCUT2D eigenvalue weighted by Crippen LogP contribution is -2.29. The van der Waals surface area contributed by atoms with E-state index < -0.39 is 0 Å². The first-order valence-electron chi connectivity index (χ1n) is 9.31. The van der Waals surface area contributed by atoms with Crippen LogP contribution >= 0.6 is 23.4 Å². The summed E-state index contributed by atoms with van der Waals surface area (Å²) in [7, 11) is 0. The van der Waals surface area contributed by atoms with Crippen LogP contribution in [0.3, 0.4) is 0 Å². The van der Waals surface area contributed by atoms with Gasteiger partial charge in [-0.3, -0.25) is 9.59 Å². The van der Waals surface area contributed by atoms with Crippen LogP contribution < -0.4 is 10.1 Å². The van der Waals surface area contributed by atoms with E-state index in [1.807, 2.05) is 36.1 Å². The summed E-state index contributed by atoms with van der Waals surface area (Å²) < 4.78 is 5.42. The molecule has 0 aromatic heterocycles. The summed E-state index contributed by atoms with van der Waals surface area (Å²) in [6.45, 7) is 4.06. The second kappa shape index (κ2) is 9.85. The third kappa shape index (κ3) is 5.42. The number of nitrogens with one attached hydrogen (secondary N) is 1. The molecule has 2 amide bonds. The van der Waals surface area contributed by atoms with Crippen LogP contribution in [0.15, 0.2) is 47.4 Å². The maximum atomic E-state index is 12.7. The highest BCUT2D eigenvalue weighted by molar-refractivity contribution is 8.00. The van der Waals surface area contributed by atoms with E-state index in [1.54, 1.807) is 18.2 Å². The Balaban J connectivity index is 1.63. The molecule has 2 aromatic carbocycles. The minimum Gasteiger partial charge on any atom is -0.494 e. The number of halogens is 1. The number of likely N-dealkylation sites (tertiary alicyclic amines) is 1. The number of rotatable bonds is 7. The summed E-state index contributed by atoms with van der Waals surface area (Å²) in [6, 6.07) is 12.6.